The Hall–Kier alpha value is -1.69. The van der Waals surface area contributed by atoms with Crippen LogP contribution in [-0.4, -0.2) is 50.9 Å². The first-order valence-corrected chi connectivity index (χ1v) is 10.3. The summed E-state index contributed by atoms with van der Waals surface area (Å²) in [4.78, 5) is 0.220. The summed E-state index contributed by atoms with van der Waals surface area (Å²) in [5.41, 5.74) is 2.66. The molecule has 1 fully saturated rings. The Morgan fingerprint density at radius 3 is 2.79 bits per heavy atom. The molecule has 0 radical (unpaired) electrons. The molecular formula is C13H13N5O3S3. The molecular weight excluding hydrogens is 370 g/mol. The molecule has 0 amide bonds. The molecule has 4 rings (SSSR count). The van der Waals surface area contributed by atoms with E-state index in [4.69, 9.17) is 4.74 Å². The first-order valence-electron chi connectivity index (χ1n) is 7.29. The van der Waals surface area contributed by atoms with E-state index in [1.165, 1.54) is 15.6 Å². The van der Waals surface area contributed by atoms with Gasteiger partial charge in [0.2, 0.25) is 10.0 Å². The predicted molar refractivity (Wildman–Crippen MR) is 89.7 cm³/mol. The van der Waals surface area contributed by atoms with E-state index in [0.29, 0.717) is 42.2 Å². The summed E-state index contributed by atoms with van der Waals surface area (Å²) in [6.45, 7) is 0.805. The molecule has 11 heteroatoms. The molecule has 126 valence electrons. The lowest BCUT2D eigenvalue weighted by Crippen LogP contribution is -2.41. The van der Waals surface area contributed by atoms with Crippen molar-refractivity contribution < 1.29 is 13.2 Å². The van der Waals surface area contributed by atoms with E-state index in [1.807, 2.05) is 0 Å². The number of sulfonamides is 1. The number of rotatable bonds is 4. The maximum absolute atomic E-state index is 12.9. The topological polar surface area (TPSA) is 98.2 Å². The standard InChI is InChI=1S/C13H13N5O3S3/c19-24(20,11-3-1-2-10-12(11)17-23-16-10)18-6-4-9(5-7-18)21-13-15-14-8-22-13/h1-3,8-9H,4-7H2. The number of aromatic nitrogens is 4. The highest BCUT2D eigenvalue weighted by Gasteiger charge is 2.32. The normalized spacial score (nSPS) is 17.3. The van der Waals surface area contributed by atoms with Crippen molar-refractivity contribution in [1.29, 1.82) is 0 Å². The zero-order chi connectivity index (χ0) is 16.6. The van der Waals surface area contributed by atoms with Crippen LogP contribution in [0.3, 0.4) is 0 Å². The zero-order valence-corrected chi connectivity index (χ0v) is 14.9. The maximum atomic E-state index is 12.9. The van der Waals surface area contributed by atoms with Gasteiger partial charge in [0.15, 0.2) is 0 Å². The minimum absolute atomic E-state index is 0.0406. The molecule has 1 aromatic carbocycles. The lowest BCUT2D eigenvalue weighted by molar-refractivity contribution is 0.134. The van der Waals surface area contributed by atoms with Gasteiger partial charge in [-0.05, 0) is 25.0 Å². The minimum atomic E-state index is -3.59. The molecule has 1 saturated heterocycles. The molecule has 3 heterocycles. The van der Waals surface area contributed by atoms with Crippen molar-refractivity contribution in [3.05, 3.63) is 23.7 Å². The largest absolute Gasteiger partial charge is 0.466 e. The van der Waals surface area contributed by atoms with Crippen molar-refractivity contribution in [1.82, 2.24) is 23.2 Å². The Kier molecular flexibility index (Phi) is 4.16. The summed E-state index contributed by atoms with van der Waals surface area (Å²) in [7, 11) is -3.59. The van der Waals surface area contributed by atoms with Gasteiger partial charge in [-0.1, -0.05) is 17.4 Å². The number of piperidine rings is 1. The number of ether oxygens (including phenoxy) is 1. The molecule has 0 N–H and O–H groups in total. The molecule has 1 aliphatic heterocycles. The molecule has 24 heavy (non-hydrogen) atoms. The summed E-state index contributed by atoms with van der Waals surface area (Å²) in [5.74, 6) is 0. The van der Waals surface area contributed by atoms with Crippen LogP contribution in [0.15, 0.2) is 28.6 Å². The molecule has 0 spiro atoms. The van der Waals surface area contributed by atoms with E-state index in [0.717, 1.165) is 11.7 Å². The van der Waals surface area contributed by atoms with Gasteiger partial charge in [0.25, 0.3) is 5.19 Å². The number of benzene rings is 1. The summed E-state index contributed by atoms with van der Waals surface area (Å²) >= 11 is 2.35. The fourth-order valence-electron chi connectivity index (χ4n) is 2.68. The molecule has 0 saturated carbocycles. The van der Waals surface area contributed by atoms with Gasteiger partial charge in [-0.25, -0.2) is 8.42 Å². The summed E-state index contributed by atoms with van der Waals surface area (Å²) in [6, 6.07) is 5.05. The third kappa shape index (κ3) is 2.88. The van der Waals surface area contributed by atoms with E-state index < -0.39 is 10.0 Å². The van der Waals surface area contributed by atoms with Crippen LogP contribution in [0.1, 0.15) is 12.8 Å². The monoisotopic (exact) mass is 383 g/mol. The molecule has 0 aliphatic carbocycles. The van der Waals surface area contributed by atoms with E-state index >= 15 is 0 Å². The molecule has 0 unspecified atom stereocenters. The number of nitrogens with zero attached hydrogens (tertiary/aromatic N) is 5. The van der Waals surface area contributed by atoms with E-state index in [2.05, 4.69) is 18.9 Å². The highest BCUT2D eigenvalue weighted by Crippen LogP contribution is 2.27. The second-order valence-corrected chi connectivity index (χ2v) is 8.54. The van der Waals surface area contributed by atoms with Gasteiger partial charge in [-0.3, -0.25) is 0 Å². The molecule has 0 bridgehead atoms. The lowest BCUT2D eigenvalue weighted by atomic mass is 10.1. The SMILES string of the molecule is O=S(=O)(c1cccc2nsnc12)N1CCC(Oc2nncs2)CC1. The smallest absolute Gasteiger partial charge is 0.294 e. The van der Waals surface area contributed by atoms with Gasteiger partial charge in [0, 0.05) is 13.1 Å². The van der Waals surface area contributed by atoms with E-state index in [9.17, 15) is 8.42 Å². The summed E-state index contributed by atoms with van der Waals surface area (Å²) in [5, 5.41) is 8.11. The van der Waals surface area contributed by atoms with Crippen LogP contribution >= 0.6 is 23.1 Å². The van der Waals surface area contributed by atoms with Crippen LogP contribution in [0.2, 0.25) is 0 Å². The van der Waals surface area contributed by atoms with Crippen LogP contribution in [0.4, 0.5) is 0 Å². The lowest BCUT2D eigenvalue weighted by Gasteiger charge is -2.30. The molecule has 1 aliphatic rings. The molecule has 3 aromatic rings. The Morgan fingerprint density at radius 2 is 2.04 bits per heavy atom. The average molecular weight is 383 g/mol. The van der Waals surface area contributed by atoms with Gasteiger partial charge in [-0.2, -0.15) is 13.1 Å². The Morgan fingerprint density at radius 1 is 1.21 bits per heavy atom. The third-order valence-corrected chi connectivity index (χ3v) is 6.93. The van der Waals surface area contributed by atoms with Crippen molar-refractivity contribution in [2.75, 3.05) is 13.1 Å². The van der Waals surface area contributed by atoms with Gasteiger partial charge in [-0.15, -0.1) is 10.2 Å². The van der Waals surface area contributed by atoms with E-state index in [1.54, 1.807) is 23.7 Å². The Labute approximate surface area is 146 Å². The summed E-state index contributed by atoms with van der Waals surface area (Å²) < 4.78 is 41.3. The first-order chi connectivity index (χ1) is 11.6. The average Bonchev–Trinajstić information content (AvgIpc) is 3.26. The van der Waals surface area contributed by atoms with Crippen molar-refractivity contribution >= 4 is 44.1 Å². The van der Waals surface area contributed by atoms with Crippen molar-refractivity contribution in [3.8, 4) is 5.19 Å². The summed E-state index contributed by atoms with van der Waals surface area (Å²) in [6.07, 6.45) is 1.19. The minimum Gasteiger partial charge on any atom is -0.466 e. The van der Waals surface area contributed by atoms with Crippen LogP contribution in [0, 0.1) is 0 Å². The number of fused-ring (bicyclic) bond motifs is 1. The van der Waals surface area contributed by atoms with Gasteiger partial charge in [0.1, 0.15) is 27.5 Å². The Bertz CT molecular complexity index is 933. The molecule has 2 aromatic heterocycles. The zero-order valence-electron chi connectivity index (χ0n) is 12.4. The second-order valence-electron chi connectivity index (χ2n) is 5.31. The quantitative estimate of drug-likeness (QED) is 0.677. The number of hydrogen-bond acceptors (Lipinski definition) is 9. The van der Waals surface area contributed by atoms with Crippen LogP contribution in [0.25, 0.3) is 11.0 Å². The van der Waals surface area contributed by atoms with Crippen molar-refractivity contribution in [3.63, 3.8) is 0 Å². The van der Waals surface area contributed by atoms with Crippen molar-refractivity contribution in [2.45, 2.75) is 23.8 Å². The highest BCUT2D eigenvalue weighted by molar-refractivity contribution is 7.89. The maximum Gasteiger partial charge on any atom is 0.294 e. The Balaban J connectivity index is 1.51. The fraction of sp³-hybridized carbons (Fsp3) is 0.385. The highest BCUT2D eigenvalue weighted by atomic mass is 32.2. The van der Waals surface area contributed by atoms with Gasteiger partial charge >= 0.3 is 0 Å². The van der Waals surface area contributed by atoms with Gasteiger partial charge in [0.05, 0.1) is 11.7 Å². The molecule has 0 atom stereocenters. The van der Waals surface area contributed by atoms with Gasteiger partial charge < -0.3 is 4.74 Å². The van der Waals surface area contributed by atoms with Crippen LogP contribution in [-0.2, 0) is 10.0 Å². The van der Waals surface area contributed by atoms with Crippen molar-refractivity contribution in [2.24, 2.45) is 0 Å². The van der Waals surface area contributed by atoms with Crippen LogP contribution < -0.4 is 4.74 Å². The predicted octanol–water partition coefficient (Wildman–Crippen LogP) is 1.77. The van der Waals surface area contributed by atoms with Crippen LogP contribution in [0.5, 0.6) is 5.19 Å². The van der Waals surface area contributed by atoms with E-state index in [-0.39, 0.29) is 11.0 Å². The molecule has 8 nitrogen and oxygen atoms in total. The number of hydrogen-bond donors (Lipinski definition) is 0. The first kappa shape index (κ1) is 15.8. The third-order valence-electron chi connectivity index (χ3n) is 3.88. The second kappa shape index (κ2) is 6.31. The fourth-order valence-corrected chi connectivity index (χ4v) is 5.37.